The summed E-state index contributed by atoms with van der Waals surface area (Å²) in [7, 11) is 0. The molecule has 0 aliphatic carbocycles. The van der Waals surface area contributed by atoms with Crippen molar-refractivity contribution >= 4 is 0 Å². The van der Waals surface area contributed by atoms with E-state index in [9.17, 15) is 13.2 Å². The fraction of sp³-hybridized carbons (Fsp3) is 0.625. The molecule has 0 spiro atoms. The van der Waals surface area contributed by atoms with Crippen LogP contribution >= 0.6 is 0 Å². The summed E-state index contributed by atoms with van der Waals surface area (Å²) < 4.78 is 42.7. The van der Waals surface area contributed by atoms with Crippen molar-refractivity contribution in [3.8, 4) is 5.75 Å². The molecular weight excluding hydrogens is 279 g/mol. The van der Waals surface area contributed by atoms with Crippen molar-refractivity contribution in [3.05, 3.63) is 29.8 Å². The summed E-state index contributed by atoms with van der Waals surface area (Å²) in [4.78, 5) is 1.40. The molecule has 0 aromatic heterocycles. The van der Waals surface area contributed by atoms with Crippen LogP contribution in [0.2, 0.25) is 0 Å². The van der Waals surface area contributed by atoms with Gasteiger partial charge in [0.05, 0.1) is 6.54 Å². The van der Waals surface area contributed by atoms with Crippen molar-refractivity contribution in [3.63, 3.8) is 0 Å². The number of benzene rings is 1. The number of aryl methyl sites for hydroxylation is 1. The highest BCUT2D eigenvalue weighted by molar-refractivity contribution is 5.27. The summed E-state index contributed by atoms with van der Waals surface area (Å²) in [5.41, 5.74) is 1.27. The zero-order chi connectivity index (χ0) is 15.3. The molecule has 0 bridgehead atoms. The van der Waals surface area contributed by atoms with E-state index in [2.05, 4.69) is 6.92 Å². The van der Waals surface area contributed by atoms with Gasteiger partial charge in [0, 0.05) is 13.1 Å². The number of hydrogen-bond acceptors (Lipinski definition) is 2. The molecule has 2 rings (SSSR count). The molecule has 21 heavy (non-hydrogen) atoms. The molecule has 1 unspecified atom stereocenters. The van der Waals surface area contributed by atoms with E-state index in [4.69, 9.17) is 4.74 Å². The van der Waals surface area contributed by atoms with Gasteiger partial charge in [-0.1, -0.05) is 25.5 Å². The highest BCUT2D eigenvalue weighted by Gasteiger charge is 2.34. The van der Waals surface area contributed by atoms with Crippen LogP contribution in [-0.4, -0.2) is 36.8 Å². The minimum atomic E-state index is -4.13. The molecule has 1 heterocycles. The first-order chi connectivity index (χ1) is 9.96. The molecule has 1 aromatic carbocycles. The normalized spacial score (nSPS) is 19.9. The van der Waals surface area contributed by atoms with E-state index in [-0.39, 0.29) is 6.10 Å². The molecule has 118 valence electrons. The molecule has 0 N–H and O–H groups in total. The molecule has 0 radical (unpaired) electrons. The third kappa shape index (κ3) is 5.58. The molecule has 5 heteroatoms. The maximum atomic E-state index is 12.3. The number of unbranched alkanes of at least 4 members (excludes halogenated alkanes) is 1. The molecule has 1 saturated heterocycles. The summed E-state index contributed by atoms with van der Waals surface area (Å²) >= 11 is 0. The zero-order valence-corrected chi connectivity index (χ0v) is 12.3. The van der Waals surface area contributed by atoms with Crippen LogP contribution in [0.25, 0.3) is 0 Å². The molecule has 0 saturated carbocycles. The summed E-state index contributed by atoms with van der Waals surface area (Å²) in [5, 5.41) is 0. The fourth-order valence-corrected chi connectivity index (χ4v) is 2.60. The van der Waals surface area contributed by atoms with Crippen molar-refractivity contribution in [2.24, 2.45) is 0 Å². The number of nitrogens with zero attached hydrogens (tertiary/aromatic N) is 1. The first-order valence-electron chi connectivity index (χ1n) is 7.51. The average Bonchev–Trinajstić information content (AvgIpc) is 2.83. The first kappa shape index (κ1) is 16.1. The third-order valence-electron chi connectivity index (χ3n) is 3.68. The highest BCUT2D eigenvalue weighted by atomic mass is 19.4. The molecular formula is C16H22F3NO. The van der Waals surface area contributed by atoms with Gasteiger partial charge >= 0.3 is 6.18 Å². The zero-order valence-electron chi connectivity index (χ0n) is 12.3. The number of hydrogen-bond donors (Lipinski definition) is 0. The van der Waals surface area contributed by atoms with Gasteiger partial charge < -0.3 is 4.74 Å². The largest absolute Gasteiger partial charge is 0.489 e. The Morgan fingerprint density at radius 1 is 1.24 bits per heavy atom. The summed E-state index contributed by atoms with van der Waals surface area (Å²) in [6, 6.07) is 7.90. The fourth-order valence-electron chi connectivity index (χ4n) is 2.60. The Balaban J connectivity index is 1.80. The predicted octanol–water partition coefficient (Wildman–Crippen LogP) is 4.04. The molecule has 1 aliphatic rings. The minimum Gasteiger partial charge on any atom is -0.489 e. The molecule has 1 fully saturated rings. The van der Waals surface area contributed by atoms with Crippen molar-refractivity contribution in [1.82, 2.24) is 4.90 Å². The van der Waals surface area contributed by atoms with Crippen LogP contribution in [0.4, 0.5) is 13.2 Å². The lowest BCUT2D eigenvalue weighted by atomic mass is 10.1. The van der Waals surface area contributed by atoms with Gasteiger partial charge in [-0.15, -0.1) is 0 Å². The Bertz CT molecular complexity index is 430. The number of alkyl halides is 3. The lowest BCUT2D eigenvalue weighted by Gasteiger charge is -2.18. The predicted molar refractivity (Wildman–Crippen MR) is 76.6 cm³/mol. The van der Waals surface area contributed by atoms with E-state index in [0.717, 1.165) is 25.0 Å². The molecule has 2 nitrogen and oxygen atoms in total. The van der Waals surface area contributed by atoms with Crippen LogP contribution in [0.1, 0.15) is 31.7 Å². The maximum absolute atomic E-state index is 12.3. The second kappa shape index (κ2) is 7.16. The summed E-state index contributed by atoms with van der Waals surface area (Å²) in [5.74, 6) is 0.745. The second-order valence-electron chi connectivity index (χ2n) is 5.63. The van der Waals surface area contributed by atoms with Crippen molar-refractivity contribution < 1.29 is 17.9 Å². The van der Waals surface area contributed by atoms with E-state index in [1.54, 1.807) is 0 Å². The summed E-state index contributed by atoms with van der Waals surface area (Å²) in [6.07, 6.45) is -0.248. The first-order valence-corrected chi connectivity index (χ1v) is 7.51. The minimum absolute atomic E-state index is 0.145. The van der Waals surface area contributed by atoms with Gasteiger partial charge in [-0.2, -0.15) is 13.2 Å². The number of ether oxygens (including phenoxy) is 1. The third-order valence-corrected chi connectivity index (χ3v) is 3.68. The number of rotatable bonds is 6. The van der Waals surface area contributed by atoms with Gasteiger partial charge in [-0.25, -0.2) is 0 Å². The Hall–Kier alpha value is -1.23. The van der Waals surface area contributed by atoms with Crippen LogP contribution in [0.5, 0.6) is 5.75 Å². The molecule has 1 atom stereocenters. The monoisotopic (exact) mass is 301 g/mol. The molecule has 0 amide bonds. The van der Waals surface area contributed by atoms with Gasteiger partial charge in [0.25, 0.3) is 0 Å². The second-order valence-corrected chi connectivity index (χ2v) is 5.63. The van der Waals surface area contributed by atoms with E-state index < -0.39 is 12.7 Å². The highest BCUT2D eigenvalue weighted by Crippen LogP contribution is 2.23. The standard InChI is InChI=1S/C16H22F3NO/c1-2-3-4-13-5-7-14(8-6-13)21-15-9-10-20(11-15)12-16(17,18)19/h5-8,15H,2-4,9-12H2,1H3. The molecule has 1 aromatic rings. The van der Waals surface area contributed by atoms with Crippen LogP contribution in [0.3, 0.4) is 0 Å². The number of halogens is 3. The maximum Gasteiger partial charge on any atom is 0.401 e. The van der Waals surface area contributed by atoms with Crippen LogP contribution in [0.15, 0.2) is 24.3 Å². The lowest BCUT2D eigenvalue weighted by molar-refractivity contribution is -0.144. The molecule has 1 aliphatic heterocycles. The SMILES string of the molecule is CCCCc1ccc(OC2CCN(CC(F)(F)F)C2)cc1. The van der Waals surface area contributed by atoms with Gasteiger partial charge in [0.15, 0.2) is 0 Å². The van der Waals surface area contributed by atoms with Crippen LogP contribution in [0, 0.1) is 0 Å². The van der Waals surface area contributed by atoms with Gasteiger partial charge in [-0.05, 0) is 37.0 Å². The van der Waals surface area contributed by atoms with E-state index in [1.165, 1.54) is 10.5 Å². The van der Waals surface area contributed by atoms with Crippen molar-refractivity contribution in [1.29, 1.82) is 0 Å². The Labute approximate surface area is 123 Å². The van der Waals surface area contributed by atoms with Crippen LogP contribution < -0.4 is 4.74 Å². The van der Waals surface area contributed by atoms with Crippen LogP contribution in [-0.2, 0) is 6.42 Å². The van der Waals surface area contributed by atoms with E-state index >= 15 is 0 Å². The van der Waals surface area contributed by atoms with E-state index in [1.807, 2.05) is 24.3 Å². The van der Waals surface area contributed by atoms with Gasteiger partial charge in [-0.3, -0.25) is 4.90 Å². The van der Waals surface area contributed by atoms with Crippen molar-refractivity contribution in [2.45, 2.75) is 44.9 Å². The van der Waals surface area contributed by atoms with E-state index in [0.29, 0.717) is 19.5 Å². The van der Waals surface area contributed by atoms with Gasteiger partial charge in [0.1, 0.15) is 11.9 Å². The topological polar surface area (TPSA) is 12.5 Å². The quantitative estimate of drug-likeness (QED) is 0.786. The number of likely N-dealkylation sites (tertiary alicyclic amines) is 1. The smallest absolute Gasteiger partial charge is 0.401 e. The Morgan fingerprint density at radius 2 is 1.95 bits per heavy atom. The van der Waals surface area contributed by atoms with Gasteiger partial charge in [0.2, 0.25) is 0 Å². The lowest BCUT2D eigenvalue weighted by Crippen LogP contribution is -2.33. The Morgan fingerprint density at radius 3 is 2.57 bits per heavy atom. The average molecular weight is 301 g/mol. The van der Waals surface area contributed by atoms with Crippen molar-refractivity contribution in [2.75, 3.05) is 19.6 Å². The summed E-state index contributed by atoms with van der Waals surface area (Å²) in [6.45, 7) is 2.10. The Kier molecular flexibility index (Phi) is 5.51.